The molecule has 1 fully saturated rings. The molecule has 0 unspecified atom stereocenters. The molecule has 3 nitrogen and oxygen atoms in total. The maximum atomic E-state index is 13.4. The Labute approximate surface area is 241 Å². The number of hydrogen-bond acceptors (Lipinski definition) is 2. The van der Waals surface area contributed by atoms with Crippen molar-refractivity contribution in [2.75, 3.05) is 6.54 Å². The number of carbonyl (C=O) groups is 1. The number of alkyl halides is 3. The maximum absolute atomic E-state index is 13.4. The van der Waals surface area contributed by atoms with E-state index in [0.717, 1.165) is 24.9 Å². The molecule has 3 atom stereocenters. The van der Waals surface area contributed by atoms with Gasteiger partial charge in [0.2, 0.25) is 0 Å². The van der Waals surface area contributed by atoms with Crippen LogP contribution in [0.3, 0.4) is 0 Å². The van der Waals surface area contributed by atoms with E-state index in [1.54, 1.807) is 12.1 Å². The van der Waals surface area contributed by atoms with Crippen molar-refractivity contribution in [2.45, 2.75) is 109 Å². The van der Waals surface area contributed by atoms with Crippen molar-refractivity contribution in [1.29, 1.82) is 0 Å². The molecule has 1 N–H and O–H groups in total. The van der Waals surface area contributed by atoms with Crippen molar-refractivity contribution in [3.8, 4) is 0 Å². The van der Waals surface area contributed by atoms with Crippen molar-refractivity contribution in [3.63, 3.8) is 0 Å². The summed E-state index contributed by atoms with van der Waals surface area (Å²) in [5.74, 6) is -0.806. The van der Waals surface area contributed by atoms with E-state index in [0.29, 0.717) is 6.42 Å². The molecule has 0 saturated carbocycles. The molecule has 1 heterocycles. The van der Waals surface area contributed by atoms with Gasteiger partial charge >= 0.3 is 12.1 Å². The Balaban J connectivity index is 2.04. The molecule has 0 spiro atoms. The fourth-order valence-corrected chi connectivity index (χ4v) is 11.1. The predicted molar refractivity (Wildman–Crippen MR) is 165 cm³/mol. The minimum Gasteiger partial charge on any atom is -0.481 e. The third-order valence-electron chi connectivity index (χ3n) is 9.60. The van der Waals surface area contributed by atoms with Crippen LogP contribution in [0.4, 0.5) is 13.2 Å². The number of rotatable bonds is 12. The molecule has 0 aliphatic carbocycles. The van der Waals surface area contributed by atoms with E-state index in [4.69, 9.17) is 0 Å². The first-order valence-electron chi connectivity index (χ1n) is 15.0. The highest BCUT2D eigenvalue weighted by Gasteiger charge is 2.38. The quantitative estimate of drug-likeness (QED) is 0.250. The highest BCUT2D eigenvalue weighted by molar-refractivity contribution is 6.88. The fourth-order valence-electron chi connectivity index (χ4n) is 6.54. The average Bonchev–Trinajstić information content (AvgIpc) is 2.91. The van der Waals surface area contributed by atoms with Crippen molar-refractivity contribution in [2.24, 2.45) is 5.92 Å². The van der Waals surface area contributed by atoms with Crippen LogP contribution in [0.2, 0.25) is 43.8 Å². The molecule has 1 saturated heterocycles. The number of hydrogen-bond donors (Lipinski definition) is 1. The summed E-state index contributed by atoms with van der Waals surface area (Å²) < 4.78 is 40.1. The summed E-state index contributed by atoms with van der Waals surface area (Å²) in [5, 5.41) is 10.9. The number of halogens is 3. The van der Waals surface area contributed by atoms with Gasteiger partial charge in [-0.25, -0.2) is 0 Å². The average molecular weight is 592 g/mol. The molecule has 0 radical (unpaired) electrons. The number of carboxylic acids is 1. The summed E-state index contributed by atoms with van der Waals surface area (Å²) in [6, 6.07) is 19.7. The second kappa shape index (κ2) is 13.4. The van der Waals surface area contributed by atoms with Crippen molar-refractivity contribution >= 4 is 27.3 Å². The number of piperidine rings is 1. The first kappa shape index (κ1) is 32.6. The maximum Gasteiger partial charge on any atom is 0.416 e. The smallest absolute Gasteiger partial charge is 0.416 e. The zero-order chi connectivity index (χ0) is 29.7. The van der Waals surface area contributed by atoms with Gasteiger partial charge in [-0.05, 0) is 55.0 Å². The first-order valence-corrected chi connectivity index (χ1v) is 21.3. The highest BCUT2D eigenvalue weighted by atomic mass is 28.3. The van der Waals surface area contributed by atoms with Gasteiger partial charge in [0.15, 0.2) is 0 Å². The number of benzene rings is 2. The van der Waals surface area contributed by atoms with E-state index >= 15 is 0 Å². The second-order valence-electron chi connectivity index (χ2n) is 12.8. The van der Waals surface area contributed by atoms with Crippen LogP contribution in [-0.2, 0) is 11.0 Å². The lowest BCUT2D eigenvalue weighted by Crippen LogP contribution is -2.42. The van der Waals surface area contributed by atoms with Gasteiger partial charge in [0.05, 0.1) is 21.7 Å². The van der Waals surface area contributed by atoms with Crippen molar-refractivity contribution in [1.82, 2.24) is 4.90 Å². The molecule has 0 amide bonds. The van der Waals surface area contributed by atoms with E-state index in [1.807, 2.05) is 0 Å². The van der Waals surface area contributed by atoms with Crippen LogP contribution in [0.5, 0.6) is 0 Å². The van der Waals surface area contributed by atoms with Crippen molar-refractivity contribution < 1.29 is 23.1 Å². The SMILES string of the molecule is CC[Si](CC)(CC)CC[C@H](c1ccc([Si](C)(C)C)cc1)N1CC[C@@H](CC(=O)O)C[C@H]1c1ccc(C(F)(F)F)cc1. The summed E-state index contributed by atoms with van der Waals surface area (Å²) in [4.78, 5) is 14.1. The molecular weight excluding hydrogens is 544 g/mol. The Kier molecular flexibility index (Phi) is 10.9. The zero-order valence-electron chi connectivity index (χ0n) is 25.2. The molecule has 0 bridgehead atoms. The van der Waals surface area contributed by atoms with E-state index in [9.17, 15) is 23.1 Å². The number of aliphatic carboxylic acids is 1. The lowest BCUT2D eigenvalue weighted by Gasteiger charge is -2.45. The third kappa shape index (κ3) is 8.10. The Morgan fingerprint density at radius 2 is 1.55 bits per heavy atom. The Morgan fingerprint density at radius 1 is 0.975 bits per heavy atom. The van der Waals surface area contributed by atoms with Gasteiger partial charge in [-0.3, -0.25) is 9.69 Å². The molecule has 3 rings (SSSR count). The molecule has 8 heteroatoms. The van der Waals surface area contributed by atoms with Gasteiger partial charge in [0, 0.05) is 18.5 Å². The van der Waals surface area contributed by atoms with Crippen LogP contribution in [0.1, 0.15) is 75.2 Å². The van der Waals surface area contributed by atoms with Crippen molar-refractivity contribution in [3.05, 3.63) is 65.2 Å². The summed E-state index contributed by atoms with van der Waals surface area (Å²) in [7, 11) is -2.87. The monoisotopic (exact) mass is 591 g/mol. The summed E-state index contributed by atoms with van der Waals surface area (Å²) in [6.45, 7) is 14.8. The fraction of sp³-hybridized carbons (Fsp3) is 0.594. The summed E-state index contributed by atoms with van der Waals surface area (Å²) in [6.07, 6.45) is -1.84. The van der Waals surface area contributed by atoms with Gasteiger partial charge in [0.1, 0.15) is 0 Å². The van der Waals surface area contributed by atoms with Gasteiger partial charge in [-0.15, -0.1) is 0 Å². The van der Waals surface area contributed by atoms with Crippen LogP contribution < -0.4 is 5.19 Å². The largest absolute Gasteiger partial charge is 0.481 e. The number of nitrogens with zero attached hydrogens (tertiary/aromatic N) is 1. The Morgan fingerprint density at radius 3 is 2.02 bits per heavy atom. The lowest BCUT2D eigenvalue weighted by molar-refractivity contribution is -0.139. The van der Waals surface area contributed by atoms with Crippen LogP contribution in [0, 0.1) is 5.92 Å². The molecule has 2 aromatic carbocycles. The molecule has 1 aliphatic heterocycles. The topological polar surface area (TPSA) is 40.5 Å². The lowest BCUT2D eigenvalue weighted by atomic mass is 9.83. The van der Waals surface area contributed by atoms with Crippen LogP contribution in [-0.4, -0.2) is 38.7 Å². The number of likely N-dealkylation sites (tertiary alicyclic amines) is 1. The second-order valence-corrected chi connectivity index (χ2v) is 23.5. The van der Waals surface area contributed by atoms with E-state index in [1.165, 1.54) is 47.1 Å². The normalized spacial score (nSPS) is 19.9. The molecule has 1 aliphatic rings. The van der Waals surface area contributed by atoms with Gasteiger partial charge < -0.3 is 5.11 Å². The summed E-state index contributed by atoms with van der Waals surface area (Å²) in [5.41, 5.74) is 1.46. The minimum atomic E-state index is -4.38. The summed E-state index contributed by atoms with van der Waals surface area (Å²) >= 11 is 0. The standard InChI is InChI=1S/C32H48F3NO2Si2/c1-7-40(8-2,9-3)21-19-29(25-12-16-28(17-13-25)39(4,5)6)36-20-18-24(23-31(37)38)22-30(36)26-10-14-27(15-11-26)32(33,34)35/h10-17,24,29-30H,7-9,18-23H2,1-6H3,(H,37,38)/t24-,29-,30+/m1/s1. The van der Waals surface area contributed by atoms with E-state index < -0.39 is 33.9 Å². The number of carboxylic acid groups (broad SMARTS) is 1. The Hall–Kier alpha value is -1.91. The van der Waals surface area contributed by atoms with Crippen LogP contribution >= 0.6 is 0 Å². The molecule has 222 valence electrons. The zero-order valence-corrected chi connectivity index (χ0v) is 27.2. The van der Waals surface area contributed by atoms with Crippen LogP contribution in [0.15, 0.2) is 48.5 Å². The molecule has 2 aromatic rings. The van der Waals surface area contributed by atoms with E-state index in [2.05, 4.69) is 69.6 Å². The highest BCUT2D eigenvalue weighted by Crippen LogP contribution is 2.44. The minimum absolute atomic E-state index is 0.00588. The van der Waals surface area contributed by atoms with Gasteiger partial charge in [0.25, 0.3) is 0 Å². The van der Waals surface area contributed by atoms with Crippen LogP contribution in [0.25, 0.3) is 0 Å². The van der Waals surface area contributed by atoms with Gasteiger partial charge in [-0.1, -0.05) is 106 Å². The predicted octanol–water partition coefficient (Wildman–Crippen LogP) is 9.12. The first-order chi connectivity index (χ1) is 18.7. The van der Waals surface area contributed by atoms with E-state index in [-0.39, 0.29) is 24.4 Å². The Bertz CT molecular complexity index is 1080. The third-order valence-corrected chi connectivity index (χ3v) is 17.5. The molecule has 0 aromatic heterocycles. The molecule has 40 heavy (non-hydrogen) atoms. The van der Waals surface area contributed by atoms with Gasteiger partial charge in [-0.2, -0.15) is 13.2 Å². The molecular formula is C32H48F3NO2Si2.